The topological polar surface area (TPSA) is 65.4 Å². The molecule has 1 aromatic heterocycles. The number of para-hydroxylation sites is 2. The average molecular weight is 381 g/mol. The van der Waals surface area contributed by atoms with Crippen LogP contribution in [0.4, 0.5) is 0 Å². The predicted octanol–water partition coefficient (Wildman–Crippen LogP) is 3.50. The first kappa shape index (κ1) is 19.9. The molecule has 28 heavy (non-hydrogen) atoms. The highest BCUT2D eigenvalue weighted by molar-refractivity contribution is 5.78. The van der Waals surface area contributed by atoms with E-state index in [1.165, 1.54) is 0 Å². The van der Waals surface area contributed by atoms with Gasteiger partial charge in [-0.1, -0.05) is 24.3 Å². The summed E-state index contributed by atoms with van der Waals surface area (Å²) >= 11 is 0. The largest absolute Gasteiger partial charge is 0.497 e. The number of fused-ring (bicyclic) bond motifs is 1. The van der Waals surface area contributed by atoms with Gasteiger partial charge in [-0.15, -0.1) is 0 Å². The summed E-state index contributed by atoms with van der Waals surface area (Å²) in [5.41, 5.74) is 3.08. The van der Waals surface area contributed by atoms with Gasteiger partial charge >= 0.3 is 0 Å². The Morgan fingerprint density at radius 2 is 1.89 bits per heavy atom. The van der Waals surface area contributed by atoms with Crippen LogP contribution in [0.2, 0.25) is 0 Å². The van der Waals surface area contributed by atoms with Crippen molar-refractivity contribution in [3.05, 3.63) is 59.9 Å². The molecule has 6 nitrogen and oxygen atoms in total. The number of ether oxygens (including phenoxy) is 2. The summed E-state index contributed by atoms with van der Waals surface area (Å²) in [5.74, 6) is 1.67. The minimum atomic E-state index is -0.187. The maximum atomic E-state index is 12.5. The summed E-state index contributed by atoms with van der Waals surface area (Å²) in [6.45, 7) is 3.25. The Labute approximate surface area is 165 Å². The van der Waals surface area contributed by atoms with E-state index in [0.29, 0.717) is 26.0 Å². The molecule has 148 valence electrons. The third kappa shape index (κ3) is 4.70. The van der Waals surface area contributed by atoms with Crippen molar-refractivity contribution < 1.29 is 14.3 Å². The van der Waals surface area contributed by atoms with Crippen LogP contribution in [0.1, 0.15) is 30.8 Å². The van der Waals surface area contributed by atoms with E-state index in [1.54, 1.807) is 14.2 Å². The molecule has 3 aromatic rings. The molecule has 1 unspecified atom stereocenters. The highest BCUT2D eigenvalue weighted by atomic mass is 16.5. The molecule has 0 aliphatic heterocycles. The highest BCUT2D eigenvalue weighted by Gasteiger charge is 2.18. The minimum absolute atomic E-state index is 0.00802. The minimum Gasteiger partial charge on any atom is -0.497 e. The Hall–Kier alpha value is -2.86. The van der Waals surface area contributed by atoms with E-state index >= 15 is 0 Å². The van der Waals surface area contributed by atoms with Crippen LogP contribution in [0.25, 0.3) is 11.0 Å². The molecule has 0 saturated carbocycles. The van der Waals surface area contributed by atoms with E-state index in [0.717, 1.165) is 28.2 Å². The maximum absolute atomic E-state index is 12.5. The predicted molar refractivity (Wildman–Crippen MR) is 109 cm³/mol. The highest BCUT2D eigenvalue weighted by Crippen LogP contribution is 2.21. The summed E-state index contributed by atoms with van der Waals surface area (Å²) in [7, 11) is 3.33. The van der Waals surface area contributed by atoms with Crippen molar-refractivity contribution in [1.29, 1.82) is 0 Å². The number of hydrogen-bond donors (Lipinski definition) is 1. The van der Waals surface area contributed by atoms with Gasteiger partial charge in [0.15, 0.2) is 0 Å². The van der Waals surface area contributed by atoms with Gasteiger partial charge in [0, 0.05) is 20.1 Å². The van der Waals surface area contributed by atoms with E-state index in [-0.39, 0.29) is 11.9 Å². The van der Waals surface area contributed by atoms with Crippen LogP contribution >= 0.6 is 0 Å². The zero-order valence-corrected chi connectivity index (χ0v) is 16.6. The number of carbonyl (C=O) groups is 1. The number of methoxy groups -OCH3 is 2. The molecular weight excluding hydrogens is 354 g/mol. The number of rotatable bonds is 9. The zero-order chi connectivity index (χ0) is 19.9. The summed E-state index contributed by atoms with van der Waals surface area (Å²) in [6.07, 6.45) is 1.11. The lowest BCUT2D eigenvalue weighted by Crippen LogP contribution is -2.29. The summed E-state index contributed by atoms with van der Waals surface area (Å²) in [5, 5.41) is 3.08. The van der Waals surface area contributed by atoms with E-state index in [2.05, 4.69) is 9.88 Å². The molecule has 1 atom stereocenters. The smallest absolute Gasteiger partial charge is 0.220 e. The fourth-order valence-corrected chi connectivity index (χ4v) is 3.27. The van der Waals surface area contributed by atoms with Gasteiger partial charge in [0.2, 0.25) is 5.91 Å². The van der Waals surface area contributed by atoms with Crippen molar-refractivity contribution in [2.45, 2.75) is 32.4 Å². The number of imidazole rings is 1. The number of aryl methyl sites for hydroxylation is 1. The molecule has 1 heterocycles. The van der Waals surface area contributed by atoms with Crippen LogP contribution in [0, 0.1) is 0 Å². The van der Waals surface area contributed by atoms with E-state index in [4.69, 9.17) is 14.5 Å². The third-order valence-corrected chi connectivity index (χ3v) is 4.77. The molecule has 0 aliphatic rings. The summed E-state index contributed by atoms with van der Waals surface area (Å²) < 4.78 is 12.5. The Bertz CT molecular complexity index is 918. The Morgan fingerprint density at radius 1 is 1.14 bits per heavy atom. The molecule has 3 rings (SSSR count). The zero-order valence-electron chi connectivity index (χ0n) is 16.6. The van der Waals surface area contributed by atoms with Crippen molar-refractivity contribution in [2.75, 3.05) is 20.8 Å². The van der Waals surface area contributed by atoms with Gasteiger partial charge in [0.05, 0.1) is 30.8 Å². The van der Waals surface area contributed by atoms with Gasteiger partial charge in [-0.05, 0) is 43.2 Å². The normalized spacial score (nSPS) is 12.1. The monoisotopic (exact) mass is 381 g/mol. The third-order valence-electron chi connectivity index (χ3n) is 4.77. The fraction of sp³-hybridized carbons (Fsp3) is 0.364. The standard InChI is InChI=1S/C22H27N3O3/c1-16(23-21(26)13-10-17-8-11-18(28-3)12-9-17)22-24-19-6-4-5-7-20(19)25(22)14-15-27-2/h4-9,11-12,16H,10,13-15H2,1-3H3,(H,23,26). The molecule has 0 spiro atoms. The van der Waals surface area contributed by atoms with Gasteiger partial charge in [-0.2, -0.15) is 0 Å². The molecule has 0 aliphatic carbocycles. The number of aromatic nitrogens is 2. The number of carbonyl (C=O) groups excluding carboxylic acids is 1. The number of hydrogen-bond acceptors (Lipinski definition) is 4. The molecule has 0 radical (unpaired) electrons. The second kappa shape index (κ2) is 9.37. The van der Waals surface area contributed by atoms with E-state index < -0.39 is 0 Å². The lowest BCUT2D eigenvalue weighted by molar-refractivity contribution is -0.121. The van der Waals surface area contributed by atoms with Crippen molar-refractivity contribution in [3.8, 4) is 5.75 Å². The van der Waals surface area contributed by atoms with Gasteiger partial charge < -0.3 is 19.4 Å². The maximum Gasteiger partial charge on any atom is 0.220 e. The first-order valence-electron chi connectivity index (χ1n) is 9.48. The summed E-state index contributed by atoms with van der Waals surface area (Å²) in [4.78, 5) is 17.2. The van der Waals surface area contributed by atoms with Crippen molar-refractivity contribution in [3.63, 3.8) is 0 Å². The lowest BCUT2D eigenvalue weighted by atomic mass is 10.1. The molecule has 0 bridgehead atoms. The van der Waals surface area contributed by atoms with Crippen molar-refractivity contribution >= 4 is 16.9 Å². The first-order valence-corrected chi connectivity index (χ1v) is 9.48. The molecular formula is C22H27N3O3. The Balaban J connectivity index is 1.66. The van der Waals surface area contributed by atoms with Crippen LogP contribution in [0.5, 0.6) is 5.75 Å². The van der Waals surface area contributed by atoms with Gasteiger partial charge in [0.1, 0.15) is 11.6 Å². The van der Waals surface area contributed by atoms with Crippen LogP contribution < -0.4 is 10.1 Å². The van der Waals surface area contributed by atoms with Crippen molar-refractivity contribution in [2.24, 2.45) is 0 Å². The van der Waals surface area contributed by atoms with Gasteiger partial charge in [-0.25, -0.2) is 4.98 Å². The second-order valence-corrected chi connectivity index (χ2v) is 6.74. The van der Waals surface area contributed by atoms with Crippen LogP contribution in [0.3, 0.4) is 0 Å². The number of benzene rings is 2. The molecule has 1 N–H and O–H groups in total. The van der Waals surface area contributed by atoms with E-state index in [9.17, 15) is 4.79 Å². The van der Waals surface area contributed by atoms with Crippen molar-refractivity contribution in [1.82, 2.24) is 14.9 Å². The quantitative estimate of drug-likeness (QED) is 0.616. The molecule has 0 saturated heterocycles. The number of nitrogens with one attached hydrogen (secondary N) is 1. The second-order valence-electron chi connectivity index (χ2n) is 6.74. The fourth-order valence-electron chi connectivity index (χ4n) is 3.27. The molecule has 0 fully saturated rings. The average Bonchev–Trinajstić information content (AvgIpc) is 3.10. The van der Waals surface area contributed by atoms with Crippen LogP contribution in [-0.4, -0.2) is 36.3 Å². The van der Waals surface area contributed by atoms with Crippen LogP contribution in [0.15, 0.2) is 48.5 Å². The Morgan fingerprint density at radius 3 is 2.61 bits per heavy atom. The van der Waals surface area contributed by atoms with Crippen LogP contribution in [-0.2, 0) is 22.5 Å². The summed E-state index contributed by atoms with van der Waals surface area (Å²) in [6, 6.07) is 15.6. The first-order chi connectivity index (χ1) is 13.6. The molecule has 6 heteroatoms. The van der Waals surface area contributed by atoms with Gasteiger partial charge in [-0.3, -0.25) is 4.79 Å². The number of amides is 1. The lowest BCUT2D eigenvalue weighted by Gasteiger charge is -2.16. The molecule has 1 amide bonds. The number of nitrogens with zero attached hydrogens (tertiary/aromatic N) is 2. The van der Waals surface area contributed by atoms with E-state index in [1.807, 2.05) is 55.5 Å². The Kier molecular flexibility index (Phi) is 6.66. The molecule has 2 aromatic carbocycles. The van der Waals surface area contributed by atoms with Gasteiger partial charge in [0.25, 0.3) is 0 Å². The SMILES string of the molecule is COCCn1c(C(C)NC(=O)CCc2ccc(OC)cc2)nc2ccccc21.